The Morgan fingerprint density at radius 2 is 1.72 bits per heavy atom. The first-order valence-electron chi connectivity index (χ1n) is 9.22. The Hall–Kier alpha value is -3.00. The first kappa shape index (κ1) is 20.7. The minimum atomic E-state index is -0.780. The Morgan fingerprint density at radius 3 is 2.38 bits per heavy atom. The van der Waals surface area contributed by atoms with Crippen LogP contribution in [0.4, 0.5) is 8.78 Å². The van der Waals surface area contributed by atoms with Crippen LogP contribution in [0, 0.1) is 11.6 Å². The van der Waals surface area contributed by atoms with Crippen LogP contribution >= 0.6 is 0 Å². The fourth-order valence-electron chi connectivity index (χ4n) is 3.12. The summed E-state index contributed by atoms with van der Waals surface area (Å²) in [5, 5.41) is 0. The van der Waals surface area contributed by atoms with Gasteiger partial charge in [0.05, 0.1) is 12.7 Å². The van der Waals surface area contributed by atoms with E-state index in [0.29, 0.717) is 38.3 Å². The number of benzene rings is 2. The molecule has 1 amide bonds. The number of hydrogen-bond donors (Lipinski definition) is 0. The molecule has 1 saturated heterocycles. The Kier molecular flexibility index (Phi) is 6.77. The van der Waals surface area contributed by atoms with Gasteiger partial charge in [-0.25, -0.2) is 13.6 Å². The standard InChI is InChI=1S/C21H22F2N2O4/c1-28-19-7-6-15(12-18(19)23)21(27)29-14-20(26)25-10-8-24(9-11-25)13-16-4-2-3-5-17(16)22/h2-7,12H,8-11,13-14H2,1H3. The molecule has 154 valence electrons. The van der Waals surface area contributed by atoms with E-state index in [4.69, 9.17) is 9.47 Å². The zero-order valence-electron chi connectivity index (χ0n) is 16.1. The van der Waals surface area contributed by atoms with Crippen LogP contribution in [0.25, 0.3) is 0 Å². The second kappa shape index (κ2) is 9.47. The van der Waals surface area contributed by atoms with E-state index < -0.39 is 18.4 Å². The van der Waals surface area contributed by atoms with Crippen molar-refractivity contribution in [3.63, 3.8) is 0 Å². The first-order chi connectivity index (χ1) is 14.0. The van der Waals surface area contributed by atoms with Gasteiger partial charge in [0.2, 0.25) is 0 Å². The fourth-order valence-corrected chi connectivity index (χ4v) is 3.12. The molecule has 1 fully saturated rings. The van der Waals surface area contributed by atoms with E-state index >= 15 is 0 Å². The SMILES string of the molecule is COc1ccc(C(=O)OCC(=O)N2CCN(Cc3ccccc3F)CC2)cc1F. The lowest BCUT2D eigenvalue weighted by molar-refractivity contribution is -0.136. The largest absolute Gasteiger partial charge is 0.494 e. The van der Waals surface area contributed by atoms with E-state index in [2.05, 4.69) is 4.90 Å². The summed E-state index contributed by atoms with van der Waals surface area (Å²) in [6.07, 6.45) is 0. The molecule has 0 bridgehead atoms. The highest BCUT2D eigenvalue weighted by Gasteiger charge is 2.23. The van der Waals surface area contributed by atoms with Crippen LogP contribution in [-0.4, -0.2) is 61.6 Å². The molecular weight excluding hydrogens is 382 g/mol. The topological polar surface area (TPSA) is 59.1 Å². The van der Waals surface area contributed by atoms with Crippen LogP contribution in [-0.2, 0) is 16.1 Å². The van der Waals surface area contributed by atoms with Crippen LogP contribution in [0.1, 0.15) is 15.9 Å². The number of halogens is 2. The molecule has 2 aromatic carbocycles. The molecule has 0 atom stereocenters. The van der Waals surface area contributed by atoms with Crippen LogP contribution in [0.3, 0.4) is 0 Å². The third-order valence-electron chi connectivity index (χ3n) is 4.79. The number of piperazine rings is 1. The van der Waals surface area contributed by atoms with Gasteiger partial charge < -0.3 is 14.4 Å². The third-order valence-corrected chi connectivity index (χ3v) is 4.79. The van der Waals surface area contributed by atoms with Crippen molar-refractivity contribution in [1.29, 1.82) is 0 Å². The molecule has 0 unspecified atom stereocenters. The summed E-state index contributed by atoms with van der Waals surface area (Å²) in [7, 11) is 1.32. The molecule has 0 N–H and O–H groups in total. The van der Waals surface area contributed by atoms with Crippen LogP contribution in [0.2, 0.25) is 0 Å². The molecule has 29 heavy (non-hydrogen) atoms. The van der Waals surface area contributed by atoms with E-state index in [1.165, 1.54) is 25.3 Å². The molecule has 0 spiro atoms. The molecule has 0 aliphatic carbocycles. The van der Waals surface area contributed by atoms with Crippen molar-refractivity contribution in [3.05, 3.63) is 65.2 Å². The van der Waals surface area contributed by atoms with E-state index in [1.54, 1.807) is 23.1 Å². The van der Waals surface area contributed by atoms with Gasteiger partial charge in [0.15, 0.2) is 18.2 Å². The van der Waals surface area contributed by atoms with Gasteiger partial charge in [0, 0.05) is 38.3 Å². The lowest BCUT2D eigenvalue weighted by Crippen LogP contribution is -2.49. The molecule has 1 heterocycles. The van der Waals surface area contributed by atoms with Gasteiger partial charge in [0.1, 0.15) is 5.82 Å². The molecule has 2 aromatic rings. The predicted octanol–water partition coefficient (Wildman–Crippen LogP) is 2.47. The lowest BCUT2D eigenvalue weighted by atomic mass is 10.2. The number of amides is 1. The fraction of sp³-hybridized carbons (Fsp3) is 0.333. The Balaban J connectivity index is 1.45. The number of carbonyl (C=O) groups is 2. The Bertz CT molecular complexity index is 883. The number of hydrogen-bond acceptors (Lipinski definition) is 5. The Labute approximate surface area is 167 Å². The highest BCUT2D eigenvalue weighted by Crippen LogP contribution is 2.18. The van der Waals surface area contributed by atoms with Gasteiger partial charge in [-0.15, -0.1) is 0 Å². The van der Waals surface area contributed by atoms with Crippen molar-refractivity contribution in [2.75, 3.05) is 39.9 Å². The van der Waals surface area contributed by atoms with Gasteiger partial charge >= 0.3 is 5.97 Å². The van der Waals surface area contributed by atoms with Crippen molar-refractivity contribution < 1.29 is 27.8 Å². The van der Waals surface area contributed by atoms with Crippen LogP contribution < -0.4 is 4.74 Å². The van der Waals surface area contributed by atoms with Crippen LogP contribution in [0.15, 0.2) is 42.5 Å². The van der Waals surface area contributed by atoms with Gasteiger partial charge in [-0.2, -0.15) is 0 Å². The maximum absolute atomic E-state index is 13.8. The Morgan fingerprint density at radius 1 is 1.00 bits per heavy atom. The summed E-state index contributed by atoms with van der Waals surface area (Å²) in [6.45, 7) is 2.17. The van der Waals surface area contributed by atoms with Gasteiger partial charge in [-0.1, -0.05) is 18.2 Å². The molecule has 3 rings (SSSR count). The molecule has 6 nitrogen and oxygen atoms in total. The second-order valence-corrected chi connectivity index (χ2v) is 6.67. The maximum atomic E-state index is 13.8. The third kappa shape index (κ3) is 5.29. The summed E-state index contributed by atoms with van der Waals surface area (Å²) in [6, 6.07) is 10.3. The summed E-state index contributed by atoms with van der Waals surface area (Å²) >= 11 is 0. The van der Waals surface area contributed by atoms with Gasteiger partial charge in [-0.3, -0.25) is 9.69 Å². The predicted molar refractivity (Wildman–Crippen MR) is 101 cm³/mol. The maximum Gasteiger partial charge on any atom is 0.338 e. The number of rotatable bonds is 6. The average molecular weight is 404 g/mol. The molecule has 0 radical (unpaired) electrons. The average Bonchev–Trinajstić information content (AvgIpc) is 2.74. The van der Waals surface area contributed by atoms with Crippen molar-refractivity contribution in [3.8, 4) is 5.75 Å². The van der Waals surface area contributed by atoms with Crippen molar-refractivity contribution in [2.24, 2.45) is 0 Å². The minimum Gasteiger partial charge on any atom is -0.494 e. The zero-order valence-corrected chi connectivity index (χ0v) is 16.1. The molecule has 8 heteroatoms. The molecular formula is C21H22F2N2O4. The number of esters is 1. The zero-order chi connectivity index (χ0) is 20.8. The number of nitrogens with zero attached hydrogens (tertiary/aromatic N) is 2. The lowest BCUT2D eigenvalue weighted by Gasteiger charge is -2.34. The summed E-state index contributed by atoms with van der Waals surface area (Å²) in [5.41, 5.74) is 0.624. The second-order valence-electron chi connectivity index (χ2n) is 6.67. The molecule has 1 aliphatic rings. The monoisotopic (exact) mass is 404 g/mol. The van der Waals surface area contributed by atoms with E-state index in [9.17, 15) is 18.4 Å². The highest BCUT2D eigenvalue weighted by atomic mass is 19.1. The number of ether oxygens (including phenoxy) is 2. The van der Waals surface area contributed by atoms with Crippen molar-refractivity contribution in [1.82, 2.24) is 9.80 Å². The van der Waals surface area contributed by atoms with Gasteiger partial charge in [0.25, 0.3) is 5.91 Å². The van der Waals surface area contributed by atoms with Crippen molar-refractivity contribution >= 4 is 11.9 Å². The summed E-state index contributed by atoms with van der Waals surface area (Å²) in [4.78, 5) is 28.0. The van der Waals surface area contributed by atoms with Crippen molar-refractivity contribution in [2.45, 2.75) is 6.54 Å². The molecule has 0 saturated carbocycles. The van der Waals surface area contributed by atoms with E-state index in [-0.39, 0.29) is 23.0 Å². The summed E-state index contributed by atoms with van der Waals surface area (Å²) < 4.78 is 37.3. The normalized spacial score (nSPS) is 14.5. The number of methoxy groups -OCH3 is 1. The molecule has 1 aliphatic heterocycles. The van der Waals surface area contributed by atoms with Crippen LogP contribution in [0.5, 0.6) is 5.75 Å². The highest BCUT2D eigenvalue weighted by molar-refractivity contribution is 5.91. The minimum absolute atomic E-state index is 0.00538. The van der Waals surface area contributed by atoms with E-state index in [0.717, 1.165) is 6.07 Å². The summed E-state index contributed by atoms with van der Waals surface area (Å²) in [5.74, 6) is -2.01. The number of carbonyl (C=O) groups excluding carboxylic acids is 2. The molecule has 0 aromatic heterocycles. The quantitative estimate of drug-likeness (QED) is 0.693. The van der Waals surface area contributed by atoms with Gasteiger partial charge in [-0.05, 0) is 24.3 Å². The smallest absolute Gasteiger partial charge is 0.338 e. The van der Waals surface area contributed by atoms with E-state index in [1.807, 2.05) is 0 Å². The first-order valence-corrected chi connectivity index (χ1v) is 9.22.